The molecule has 0 N–H and O–H groups in total. The smallest absolute Gasteiger partial charge is 0.184 e. The van der Waals surface area contributed by atoms with Gasteiger partial charge in [-0.15, -0.1) is 0 Å². The predicted molar refractivity (Wildman–Crippen MR) is 125 cm³/mol. The van der Waals surface area contributed by atoms with Gasteiger partial charge in [-0.1, -0.05) is 91.0 Å². The Morgan fingerprint density at radius 3 is 2.19 bits per heavy atom. The number of hydrogen-bond acceptors (Lipinski definition) is 4. The highest BCUT2D eigenvalue weighted by Gasteiger charge is 2.39. The van der Waals surface area contributed by atoms with Crippen LogP contribution >= 0.6 is 0 Å². The van der Waals surface area contributed by atoms with E-state index in [1.165, 1.54) is 11.1 Å². The van der Waals surface area contributed by atoms with Crippen molar-refractivity contribution in [1.29, 1.82) is 0 Å². The van der Waals surface area contributed by atoms with Crippen LogP contribution in [-0.4, -0.2) is 30.2 Å². The third-order valence-electron chi connectivity index (χ3n) is 6.08. The number of benzene rings is 3. The summed E-state index contributed by atoms with van der Waals surface area (Å²) in [5, 5.41) is 0. The van der Waals surface area contributed by atoms with Gasteiger partial charge < -0.3 is 14.2 Å². The van der Waals surface area contributed by atoms with E-state index in [1.54, 1.807) is 0 Å². The highest BCUT2D eigenvalue weighted by atomic mass is 16.7. The fourth-order valence-corrected chi connectivity index (χ4v) is 4.48. The molecule has 0 radical (unpaired) electrons. The molecule has 1 fully saturated rings. The average Bonchev–Trinajstić information content (AvgIpc) is 3.27. The van der Waals surface area contributed by atoms with Crippen LogP contribution in [-0.2, 0) is 27.4 Å². The standard InChI is InChI=1S/C28H29NO3/c1-4-10-22(11-5-1)20-29-18-16-25(31-21-23-12-6-2-7-13-23)27(29)26-17-19-30-28(32-26)24-14-8-3-9-15-24/h1-16,26-28H,17-21H2/t26-,27-,28-/m0/s1. The first kappa shape index (κ1) is 21.0. The highest BCUT2D eigenvalue weighted by molar-refractivity contribution is 5.22. The summed E-state index contributed by atoms with van der Waals surface area (Å²) in [6, 6.07) is 31.2. The number of rotatable bonds is 7. The summed E-state index contributed by atoms with van der Waals surface area (Å²) in [5.41, 5.74) is 3.52. The summed E-state index contributed by atoms with van der Waals surface area (Å²) in [7, 11) is 0. The molecule has 1 saturated heterocycles. The van der Waals surface area contributed by atoms with Crippen LogP contribution in [0.4, 0.5) is 0 Å². The minimum Gasteiger partial charge on any atom is -0.492 e. The largest absolute Gasteiger partial charge is 0.492 e. The van der Waals surface area contributed by atoms with Crippen molar-refractivity contribution < 1.29 is 14.2 Å². The Kier molecular flexibility index (Phi) is 6.63. The van der Waals surface area contributed by atoms with Crippen LogP contribution in [0.15, 0.2) is 103 Å². The van der Waals surface area contributed by atoms with Crippen LogP contribution in [0.1, 0.15) is 29.4 Å². The Bertz CT molecular complexity index is 1010. The first-order valence-electron chi connectivity index (χ1n) is 11.3. The average molecular weight is 428 g/mol. The second-order valence-electron chi connectivity index (χ2n) is 8.32. The Balaban J connectivity index is 1.34. The van der Waals surface area contributed by atoms with Gasteiger partial charge in [-0.2, -0.15) is 0 Å². The Morgan fingerprint density at radius 1 is 0.812 bits per heavy atom. The Hall–Kier alpha value is -2.92. The molecule has 0 aliphatic carbocycles. The van der Waals surface area contributed by atoms with Crippen molar-refractivity contribution in [2.24, 2.45) is 0 Å². The molecule has 2 aliphatic heterocycles. The minimum absolute atomic E-state index is 0.00203. The number of hydrogen-bond donors (Lipinski definition) is 0. The molecule has 164 valence electrons. The third-order valence-corrected chi connectivity index (χ3v) is 6.08. The van der Waals surface area contributed by atoms with Crippen molar-refractivity contribution >= 4 is 0 Å². The second kappa shape index (κ2) is 10.1. The van der Waals surface area contributed by atoms with E-state index in [1.807, 2.05) is 36.4 Å². The number of ether oxygens (including phenoxy) is 3. The fourth-order valence-electron chi connectivity index (χ4n) is 4.48. The quantitative estimate of drug-likeness (QED) is 0.500. The van der Waals surface area contributed by atoms with E-state index >= 15 is 0 Å². The Morgan fingerprint density at radius 2 is 1.47 bits per heavy atom. The van der Waals surface area contributed by atoms with Crippen molar-refractivity contribution in [3.63, 3.8) is 0 Å². The van der Waals surface area contributed by atoms with E-state index < -0.39 is 0 Å². The van der Waals surface area contributed by atoms with E-state index in [2.05, 4.69) is 65.6 Å². The van der Waals surface area contributed by atoms with Crippen molar-refractivity contribution in [3.05, 3.63) is 120 Å². The summed E-state index contributed by atoms with van der Waals surface area (Å²) >= 11 is 0. The van der Waals surface area contributed by atoms with Crippen LogP contribution in [0.3, 0.4) is 0 Å². The topological polar surface area (TPSA) is 30.9 Å². The van der Waals surface area contributed by atoms with Crippen molar-refractivity contribution in [2.45, 2.75) is 38.0 Å². The second-order valence-corrected chi connectivity index (χ2v) is 8.32. The zero-order chi connectivity index (χ0) is 21.6. The molecule has 3 aromatic carbocycles. The molecule has 0 amide bonds. The van der Waals surface area contributed by atoms with Gasteiger partial charge in [0, 0.05) is 18.7 Å². The van der Waals surface area contributed by atoms with Gasteiger partial charge in [0.15, 0.2) is 6.29 Å². The van der Waals surface area contributed by atoms with E-state index in [4.69, 9.17) is 14.2 Å². The normalized spacial score (nSPS) is 23.6. The third kappa shape index (κ3) is 4.94. The lowest BCUT2D eigenvalue weighted by Gasteiger charge is -2.38. The Labute approximate surface area is 190 Å². The molecule has 3 aromatic rings. The molecule has 4 nitrogen and oxygen atoms in total. The summed E-state index contributed by atoms with van der Waals surface area (Å²) < 4.78 is 18.9. The molecular formula is C28H29NO3. The van der Waals surface area contributed by atoms with Crippen molar-refractivity contribution in [2.75, 3.05) is 13.2 Å². The number of nitrogens with zero attached hydrogens (tertiary/aromatic N) is 1. The lowest BCUT2D eigenvalue weighted by Crippen LogP contribution is -2.45. The first-order valence-corrected chi connectivity index (χ1v) is 11.3. The molecule has 0 unspecified atom stereocenters. The monoisotopic (exact) mass is 427 g/mol. The summed E-state index contributed by atoms with van der Waals surface area (Å²) in [6.45, 7) is 2.94. The summed E-state index contributed by atoms with van der Waals surface area (Å²) in [5.74, 6) is 1.00. The molecule has 32 heavy (non-hydrogen) atoms. The summed E-state index contributed by atoms with van der Waals surface area (Å²) in [6.07, 6.45) is 2.71. The first-order chi connectivity index (χ1) is 15.9. The molecular weight excluding hydrogens is 398 g/mol. The maximum atomic E-state index is 6.52. The van der Waals surface area contributed by atoms with E-state index in [0.29, 0.717) is 13.2 Å². The van der Waals surface area contributed by atoms with Gasteiger partial charge >= 0.3 is 0 Å². The highest BCUT2D eigenvalue weighted by Crippen LogP contribution is 2.34. The SMILES string of the molecule is C1=C(OCc2ccccc2)[C@@H]([C@@H]2CCO[C@H](c3ccccc3)O2)N(Cc2ccccc2)C1. The van der Waals surface area contributed by atoms with Crippen LogP contribution in [0.25, 0.3) is 0 Å². The molecule has 0 aromatic heterocycles. The molecule has 2 aliphatic rings. The lowest BCUT2D eigenvalue weighted by atomic mass is 10.0. The molecule has 4 heteroatoms. The van der Waals surface area contributed by atoms with Crippen LogP contribution < -0.4 is 0 Å². The molecule has 0 saturated carbocycles. The van der Waals surface area contributed by atoms with E-state index in [-0.39, 0.29) is 18.4 Å². The fraction of sp³-hybridized carbons (Fsp3) is 0.286. The van der Waals surface area contributed by atoms with Crippen LogP contribution in [0.5, 0.6) is 0 Å². The zero-order valence-corrected chi connectivity index (χ0v) is 18.2. The minimum atomic E-state index is -0.343. The molecule has 3 atom stereocenters. The molecule has 5 rings (SSSR count). The molecule has 0 bridgehead atoms. The zero-order valence-electron chi connectivity index (χ0n) is 18.2. The van der Waals surface area contributed by atoms with E-state index in [0.717, 1.165) is 30.8 Å². The van der Waals surface area contributed by atoms with E-state index in [9.17, 15) is 0 Å². The lowest BCUT2D eigenvalue weighted by molar-refractivity contribution is -0.229. The summed E-state index contributed by atoms with van der Waals surface area (Å²) in [4.78, 5) is 2.45. The molecule has 0 spiro atoms. The van der Waals surface area contributed by atoms with Gasteiger partial charge in [0.05, 0.1) is 18.8 Å². The van der Waals surface area contributed by atoms with Crippen molar-refractivity contribution in [1.82, 2.24) is 4.90 Å². The van der Waals surface area contributed by atoms with Gasteiger partial charge in [0.1, 0.15) is 12.4 Å². The van der Waals surface area contributed by atoms with Crippen molar-refractivity contribution in [3.8, 4) is 0 Å². The van der Waals surface area contributed by atoms with Gasteiger partial charge in [0.2, 0.25) is 0 Å². The van der Waals surface area contributed by atoms with Gasteiger partial charge in [-0.3, -0.25) is 4.90 Å². The van der Waals surface area contributed by atoms with Gasteiger partial charge in [0.25, 0.3) is 0 Å². The van der Waals surface area contributed by atoms with Gasteiger partial charge in [-0.05, 0) is 23.6 Å². The van der Waals surface area contributed by atoms with Crippen LogP contribution in [0.2, 0.25) is 0 Å². The predicted octanol–water partition coefficient (Wildman–Crippen LogP) is 5.48. The molecule has 2 heterocycles. The maximum Gasteiger partial charge on any atom is 0.184 e. The van der Waals surface area contributed by atoms with Crippen LogP contribution in [0, 0.1) is 0 Å². The maximum absolute atomic E-state index is 6.52. The van der Waals surface area contributed by atoms with Gasteiger partial charge in [-0.25, -0.2) is 0 Å².